The molecule has 1 aromatic rings. The smallest absolute Gasteiger partial charge is 0.372 e. The van der Waals surface area contributed by atoms with Crippen molar-refractivity contribution in [2.45, 2.75) is 36.8 Å². The summed E-state index contributed by atoms with van der Waals surface area (Å²) < 4.78 is 68.3. The summed E-state index contributed by atoms with van der Waals surface area (Å²) >= 11 is 1.15. The van der Waals surface area contributed by atoms with Crippen LogP contribution in [0.3, 0.4) is 0 Å². The lowest BCUT2D eigenvalue weighted by atomic mass is 10.2. The molecule has 0 atom stereocenters. The maximum absolute atomic E-state index is 13.0. The number of ether oxygens (including phenoxy) is 1. The number of amides is 1. The van der Waals surface area contributed by atoms with Gasteiger partial charge >= 0.3 is 6.18 Å². The van der Waals surface area contributed by atoms with Crippen molar-refractivity contribution in [3.8, 4) is 0 Å². The first-order chi connectivity index (χ1) is 14.7. The summed E-state index contributed by atoms with van der Waals surface area (Å²) in [7, 11) is -3.68. The van der Waals surface area contributed by atoms with E-state index in [4.69, 9.17) is 0 Å². The zero-order chi connectivity index (χ0) is 22.5. The molecule has 176 valence electrons. The molecule has 0 bridgehead atoms. The van der Waals surface area contributed by atoms with E-state index in [1.165, 1.54) is 10.4 Å². The summed E-state index contributed by atoms with van der Waals surface area (Å²) in [5.41, 5.74) is 0. The molecular formula is C19H28F3N3O4S2. The summed E-state index contributed by atoms with van der Waals surface area (Å²) in [4.78, 5) is 17.1. The normalized spacial score (nSPS) is 19.6. The minimum atomic E-state index is -4.31. The van der Waals surface area contributed by atoms with Crippen molar-refractivity contribution in [2.75, 3.05) is 59.0 Å². The van der Waals surface area contributed by atoms with Crippen LogP contribution in [-0.4, -0.2) is 93.6 Å². The van der Waals surface area contributed by atoms with Crippen molar-refractivity contribution in [1.29, 1.82) is 0 Å². The molecule has 7 nitrogen and oxygen atoms in total. The van der Waals surface area contributed by atoms with Crippen molar-refractivity contribution < 1.29 is 31.1 Å². The number of sulfonamides is 1. The van der Waals surface area contributed by atoms with Crippen molar-refractivity contribution in [3.63, 3.8) is 0 Å². The molecule has 2 aliphatic heterocycles. The summed E-state index contributed by atoms with van der Waals surface area (Å²) in [6.45, 7) is 2.42. The van der Waals surface area contributed by atoms with Gasteiger partial charge in [0.05, 0.1) is 0 Å². The largest absolute Gasteiger partial charge is 0.411 e. The highest BCUT2D eigenvalue weighted by Crippen LogP contribution is 2.28. The number of hydrogen-bond donors (Lipinski definition) is 0. The van der Waals surface area contributed by atoms with Gasteiger partial charge < -0.3 is 9.64 Å². The lowest BCUT2D eigenvalue weighted by molar-refractivity contribution is -0.174. The molecule has 0 spiro atoms. The van der Waals surface area contributed by atoms with Gasteiger partial charge in [0.2, 0.25) is 10.0 Å². The van der Waals surface area contributed by atoms with E-state index in [2.05, 4.69) is 9.64 Å². The van der Waals surface area contributed by atoms with E-state index in [-0.39, 0.29) is 22.3 Å². The molecular weight excluding hydrogens is 455 g/mol. The highest BCUT2D eigenvalue weighted by Gasteiger charge is 2.33. The van der Waals surface area contributed by atoms with Gasteiger partial charge in [-0.15, -0.1) is 11.3 Å². The number of alkyl halides is 3. The molecule has 0 aromatic carbocycles. The topological polar surface area (TPSA) is 70.2 Å². The van der Waals surface area contributed by atoms with Crippen LogP contribution in [0.25, 0.3) is 0 Å². The summed E-state index contributed by atoms with van der Waals surface area (Å²) in [6, 6.07) is 1.51. The Labute approximate surface area is 184 Å². The Morgan fingerprint density at radius 3 is 2.39 bits per heavy atom. The highest BCUT2D eigenvalue weighted by molar-refractivity contribution is 7.89. The fraction of sp³-hybridized carbons (Fsp3) is 0.737. The van der Waals surface area contributed by atoms with Gasteiger partial charge in [0, 0.05) is 52.4 Å². The van der Waals surface area contributed by atoms with Crippen molar-refractivity contribution in [3.05, 3.63) is 16.3 Å². The second kappa shape index (κ2) is 10.6. The van der Waals surface area contributed by atoms with Crippen LogP contribution in [0, 0.1) is 0 Å². The predicted molar refractivity (Wildman–Crippen MR) is 111 cm³/mol. The Kier molecular flexibility index (Phi) is 8.36. The fourth-order valence-electron chi connectivity index (χ4n) is 3.80. The van der Waals surface area contributed by atoms with E-state index in [9.17, 15) is 26.4 Å². The summed E-state index contributed by atoms with van der Waals surface area (Å²) in [6.07, 6.45) is -1.16. The highest BCUT2D eigenvalue weighted by atomic mass is 32.2. The molecule has 1 aromatic heterocycles. The van der Waals surface area contributed by atoms with Gasteiger partial charge in [0.15, 0.2) is 0 Å². The van der Waals surface area contributed by atoms with Crippen LogP contribution in [-0.2, 0) is 14.8 Å². The zero-order valence-corrected chi connectivity index (χ0v) is 18.9. The average molecular weight is 484 g/mol. The van der Waals surface area contributed by atoms with Gasteiger partial charge in [-0.25, -0.2) is 8.42 Å². The molecule has 2 aliphatic rings. The number of piperazine rings is 1. The Morgan fingerprint density at radius 2 is 1.74 bits per heavy atom. The van der Waals surface area contributed by atoms with Crippen LogP contribution in [0.15, 0.2) is 16.3 Å². The second-order valence-corrected chi connectivity index (χ2v) is 10.6. The van der Waals surface area contributed by atoms with Gasteiger partial charge in [0.25, 0.3) is 5.91 Å². The Balaban J connectivity index is 1.50. The number of nitrogens with zero attached hydrogens (tertiary/aromatic N) is 3. The first-order valence-corrected chi connectivity index (χ1v) is 12.7. The number of carbonyl (C=O) groups excluding carboxylic acids is 1. The maximum Gasteiger partial charge on any atom is 0.411 e. The monoisotopic (exact) mass is 483 g/mol. The molecule has 2 fully saturated rings. The second-order valence-electron chi connectivity index (χ2n) is 7.73. The van der Waals surface area contributed by atoms with Crippen LogP contribution in [0.1, 0.15) is 35.4 Å². The fourth-order valence-corrected chi connectivity index (χ4v) is 6.68. The number of halogens is 3. The van der Waals surface area contributed by atoms with Crippen LogP contribution in [0.5, 0.6) is 0 Å². The Morgan fingerprint density at radius 1 is 1.06 bits per heavy atom. The standard InChI is InChI=1S/C19H28F3N3O4S2/c20-19(21,22)15-29-13-4-6-23-9-11-24(12-10-23)18(26)17-16(5-14-30-17)31(27,28)25-7-2-1-3-8-25/h5,14H,1-4,6-13,15H2. The quantitative estimate of drug-likeness (QED) is 0.532. The third kappa shape index (κ3) is 6.64. The molecule has 3 heterocycles. The summed E-state index contributed by atoms with van der Waals surface area (Å²) in [5.74, 6) is -0.279. The Bertz CT molecular complexity index is 831. The minimum Gasteiger partial charge on any atom is -0.372 e. The van der Waals surface area contributed by atoms with E-state index in [1.807, 2.05) is 0 Å². The third-order valence-corrected chi connectivity index (χ3v) is 8.42. The van der Waals surface area contributed by atoms with Crippen molar-refractivity contribution in [2.24, 2.45) is 0 Å². The summed E-state index contributed by atoms with van der Waals surface area (Å²) in [5, 5.41) is 1.64. The van der Waals surface area contributed by atoms with Crippen LogP contribution in [0.2, 0.25) is 0 Å². The molecule has 0 N–H and O–H groups in total. The maximum atomic E-state index is 13.0. The molecule has 1 amide bonds. The number of rotatable bonds is 8. The van der Waals surface area contributed by atoms with E-state index < -0.39 is 22.8 Å². The van der Waals surface area contributed by atoms with E-state index in [0.717, 1.165) is 30.6 Å². The lowest BCUT2D eigenvalue weighted by Crippen LogP contribution is -2.49. The van der Waals surface area contributed by atoms with E-state index in [1.54, 1.807) is 10.3 Å². The van der Waals surface area contributed by atoms with Gasteiger partial charge in [-0.1, -0.05) is 6.42 Å². The molecule has 0 radical (unpaired) electrons. The SMILES string of the molecule is O=C(c1sccc1S(=O)(=O)N1CCCCC1)N1CCN(CCCOCC(F)(F)F)CC1. The third-order valence-electron chi connectivity index (χ3n) is 5.44. The molecule has 31 heavy (non-hydrogen) atoms. The first kappa shape index (κ1) is 24.4. The number of hydrogen-bond acceptors (Lipinski definition) is 6. The Hall–Kier alpha value is -1.21. The zero-order valence-electron chi connectivity index (χ0n) is 17.3. The predicted octanol–water partition coefficient (Wildman–Crippen LogP) is 2.65. The van der Waals surface area contributed by atoms with Crippen LogP contribution in [0.4, 0.5) is 13.2 Å². The van der Waals surface area contributed by atoms with E-state index >= 15 is 0 Å². The first-order valence-electron chi connectivity index (χ1n) is 10.4. The number of piperidine rings is 1. The van der Waals surface area contributed by atoms with Crippen molar-refractivity contribution >= 4 is 27.3 Å². The van der Waals surface area contributed by atoms with Crippen molar-refractivity contribution in [1.82, 2.24) is 14.1 Å². The van der Waals surface area contributed by atoms with Gasteiger partial charge in [0.1, 0.15) is 16.4 Å². The lowest BCUT2D eigenvalue weighted by Gasteiger charge is -2.34. The van der Waals surface area contributed by atoms with Gasteiger partial charge in [-0.05, 0) is 30.7 Å². The minimum absolute atomic E-state index is 0.0333. The van der Waals surface area contributed by atoms with Crippen LogP contribution < -0.4 is 0 Å². The molecule has 3 rings (SSSR count). The van der Waals surface area contributed by atoms with Crippen LogP contribution >= 0.6 is 11.3 Å². The molecule has 12 heteroatoms. The van der Waals surface area contributed by atoms with Gasteiger partial charge in [-0.2, -0.15) is 17.5 Å². The molecule has 0 aliphatic carbocycles. The number of carbonyl (C=O) groups is 1. The van der Waals surface area contributed by atoms with E-state index in [0.29, 0.717) is 52.2 Å². The molecule has 2 saturated heterocycles. The molecule has 0 unspecified atom stereocenters. The molecule has 0 saturated carbocycles. The number of thiophene rings is 1. The van der Waals surface area contributed by atoms with Gasteiger partial charge in [-0.3, -0.25) is 9.69 Å². The average Bonchev–Trinajstić information content (AvgIpc) is 3.24.